The Morgan fingerprint density at radius 3 is 2.18 bits per heavy atom. The molecule has 17 nitrogen and oxygen atoms in total. The molecule has 67 heavy (non-hydrogen) atoms. The molecule has 3 rings (SSSR count). The Kier molecular flexibility index (Phi) is 23.8. The van der Waals surface area contributed by atoms with Gasteiger partial charge in [-0.25, -0.2) is 4.98 Å². The van der Waals surface area contributed by atoms with Gasteiger partial charge in [-0.3, -0.25) is 28.8 Å². The molecule has 1 aromatic heterocycles. The maximum absolute atomic E-state index is 14.6. The highest BCUT2D eigenvalue weighted by molar-refractivity contribution is 7.09. The fraction of sp³-hybridized carbons (Fsp3) is 0.694. The third-order valence-electron chi connectivity index (χ3n) is 13.2. The van der Waals surface area contributed by atoms with Crippen LogP contribution in [0.4, 0.5) is 0 Å². The Labute approximate surface area is 402 Å². The summed E-state index contributed by atoms with van der Waals surface area (Å²) in [6.45, 7) is 13.5. The molecule has 10 atom stereocenters. The molecule has 1 fully saturated rings. The Bertz CT molecular complexity index is 1850. The number of nitrogens with two attached hydrogens (primary N) is 1. The first-order valence-electron chi connectivity index (χ1n) is 23.9. The third-order valence-corrected chi connectivity index (χ3v) is 14.1. The van der Waals surface area contributed by atoms with Crippen LogP contribution in [-0.4, -0.2) is 151 Å². The number of ether oxygens (including phenoxy) is 2. The summed E-state index contributed by atoms with van der Waals surface area (Å²) < 4.78 is 12.1. The lowest BCUT2D eigenvalue weighted by molar-refractivity contribution is -0.148. The van der Waals surface area contributed by atoms with Crippen LogP contribution in [0.15, 0.2) is 41.9 Å². The molecule has 0 radical (unpaired) electrons. The molecule has 0 saturated carbocycles. The second kappa shape index (κ2) is 28.1. The second-order valence-corrected chi connectivity index (χ2v) is 19.6. The normalized spacial score (nSPS) is 18.0. The number of carbonyl (C=O) groups is 6. The molecule has 6 amide bonds. The number of hydrogen-bond acceptors (Lipinski definition) is 12. The highest BCUT2D eigenvalue weighted by atomic mass is 32.1. The van der Waals surface area contributed by atoms with Crippen LogP contribution in [0.25, 0.3) is 0 Å². The van der Waals surface area contributed by atoms with E-state index >= 15 is 0 Å². The van der Waals surface area contributed by atoms with Crippen LogP contribution in [0.1, 0.15) is 110 Å². The zero-order valence-corrected chi connectivity index (χ0v) is 42.6. The predicted octanol–water partition coefficient (Wildman–Crippen LogP) is 3.69. The number of nitrogens with one attached hydrogen (secondary N) is 3. The van der Waals surface area contributed by atoms with Crippen LogP contribution in [0.3, 0.4) is 0 Å². The van der Waals surface area contributed by atoms with Gasteiger partial charge in [-0.15, -0.1) is 11.3 Å². The van der Waals surface area contributed by atoms with E-state index in [0.29, 0.717) is 45.2 Å². The number of methoxy groups -OCH3 is 2. The van der Waals surface area contributed by atoms with Crippen LogP contribution >= 0.6 is 11.3 Å². The summed E-state index contributed by atoms with van der Waals surface area (Å²) in [6, 6.07) is 6.65. The number of benzene rings is 1. The molecule has 2 heterocycles. The summed E-state index contributed by atoms with van der Waals surface area (Å²) in [7, 11) is 6.23. The summed E-state index contributed by atoms with van der Waals surface area (Å²) in [5, 5.41) is 21.5. The van der Waals surface area contributed by atoms with E-state index in [1.54, 1.807) is 44.0 Å². The molecule has 1 saturated heterocycles. The maximum atomic E-state index is 14.6. The highest BCUT2D eigenvalue weighted by Crippen LogP contribution is 2.31. The van der Waals surface area contributed by atoms with Crippen molar-refractivity contribution in [1.29, 1.82) is 0 Å². The van der Waals surface area contributed by atoms with Gasteiger partial charge in [0.2, 0.25) is 35.4 Å². The van der Waals surface area contributed by atoms with Gasteiger partial charge in [-0.2, -0.15) is 0 Å². The number of aromatic nitrogens is 1. The molecular weight excluding hydrogens is 877 g/mol. The number of thiazole rings is 1. The van der Waals surface area contributed by atoms with Gasteiger partial charge in [-0.05, 0) is 68.4 Å². The predicted molar refractivity (Wildman–Crippen MR) is 259 cm³/mol. The van der Waals surface area contributed by atoms with Gasteiger partial charge in [-0.1, -0.05) is 85.2 Å². The Morgan fingerprint density at radius 2 is 1.61 bits per heavy atom. The highest BCUT2D eigenvalue weighted by Gasteiger charge is 2.44. The number of carbonyl (C=O) groups excluding carboxylic acids is 6. The van der Waals surface area contributed by atoms with Gasteiger partial charge < -0.3 is 51.0 Å². The summed E-state index contributed by atoms with van der Waals surface area (Å²) in [6.07, 6.45) is 3.11. The standard InChI is InChI=1S/C49H80N8O9S/c1-12-32(6)43(56(9)49(64)41(30(2)3)54-47(63)42(31(4)5)55(8)40(60)29-52-46(62)37(58)22-16-17-23-50)38(65-10)28-39(59)57-25-18-21-36(57)44(66-11)33(7)45(61)53-35(48-51-24-26-67-48)27-34-19-14-13-15-20-34/h13-15,19-20,24,26,30-33,35-38,41-44,58H,12,16-18,21-23,25,27-29,50H2,1-11H3,(H,52,62)(H,53,61)(H,54,63)/t32-,33?,35-,36-,37-,38+,41-,42?,43-,44+/m0/s1. The van der Waals surface area contributed by atoms with E-state index in [0.717, 1.165) is 17.0 Å². The van der Waals surface area contributed by atoms with Crippen molar-refractivity contribution in [3.05, 3.63) is 52.5 Å². The first kappa shape index (κ1) is 56.8. The SMILES string of the molecule is CC[C@H](C)[C@@H]([C@@H](CC(=O)N1CCC[C@H]1[C@H](OC)C(C)C(=O)N[C@@H](Cc1ccccc1)c1nccs1)OC)N(C)C(=O)[C@@H](NC(=O)C(C(C)C)N(C)C(=O)CNC(=O)[C@@H](O)CCCCN)C(C)C. The fourth-order valence-electron chi connectivity index (χ4n) is 9.14. The molecule has 0 spiro atoms. The van der Waals surface area contributed by atoms with E-state index in [1.807, 2.05) is 70.3 Å². The lowest BCUT2D eigenvalue weighted by Gasteiger charge is -2.41. The van der Waals surface area contributed by atoms with Crippen molar-refractivity contribution in [3.8, 4) is 0 Å². The van der Waals surface area contributed by atoms with Crippen LogP contribution in [-0.2, 0) is 44.7 Å². The van der Waals surface area contributed by atoms with Gasteiger partial charge >= 0.3 is 0 Å². The van der Waals surface area contributed by atoms with E-state index in [2.05, 4.69) is 20.9 Å². The number of hydrogen-bond donors (Lipinski definition) is 5. The van der Waals surface area contributed by atoms with Gasteiger partial charge in [0.25, 0.3) is 0 Å². The molecule has 2 unspecified atom stereocenters. The zero-order chi connectivity index (χ0) is 50.0. The van der Waals surface area contributed by atoms with Crippen LogP contribution < -0.4 is 21.7 Å². The first-order chi connectivity index (χ1) is 31.8. The Hall–Kier alpha value is -4.49. The molecular formula is C49H80N8O9S. The van der Waals surface area contributed by atoms with Crippen LogP contribution in [0.2, 0.25) is 0 Å². The number of aliphatic hydroxyl groups is 1. The van der Waals surface area contributed by atoms with Crippen molar-refractivity contribution in [1.82, 2.24) is 35.6 Å². The molecule has 2 aromatic rings. The molecule has 1 aliphatic rings. The monoisotopic (exact) mass is 957 g/mol. The average molecular weight is 957 g/mol. The van der Waals surface area contributed by atoms with Gasteiger partial charge in [0.1, 0.15) is 23.2 Å². The molecule has 6 N–H and O–H groups in total. The smallest absolute Gasteiger partial charge is 0.249 e. The minimum Gasteiger partial charge on any atom is -0.383 e. The van der Waals surface area contributed by atoms with E-state index in [4.69, 9.17) is 15.2 Å². The third kappa shape index (κ3) is 16.0. The summed E-state index contributed by atoms with van der Waals surface area (Å²) >= 11 is 1.48. The molecule has 0 aliphatic carbocycles. The summed E-state index contributed by atoms with van der Waals surface area (Å²) in [5.41, 5.74) is 6.57. The van der Waals surface area contributed by atoms with Crippen molar-refractivity contribution in [2.75, 3.05) is 47.9 Å². The zero-order valence-electron chi connectivity index (χ0n) is 41.7. The average Bonchev–Trinajstić information content (AvgIpc) is 4.03. The van der Waals surface area contributed by atoms with Gasteiger partial charge in [0.05, 0.1) is 49.2 Å². The first-order valence-corrected chi connectivity index (χ1v) is 24.8. The maximum Gasteiger partial charge on any atom is 0.249 e. The Morgan fingerprint density at radius 1 is 0.925 bits per heavy atom. The number of unbranched alkanes of at least 4 members (excludes halogenated alkanes) is 1. The van der Waals surface area contributed by atoms with Crippen molar-refractivity contribution in [3.63, 3.8) is 0 Å². The molecule has 0 bridgehead atoms. The molecule has 376 valence electrons. The minimum absolute atomic E-state index is 0.0395. The van der Waals surface area contributed by atoms with E-state index in [9.17, 15) is 33.9 Å². The number of likely N-dealkylation sites (N-methyl/N-ethyl adjacent to an activating group) is 2. The van der Waals surface area contributed by atoms with Crippen molar-refractivity contribution in [2.24, 2.45) is 29.4 Å². The fourth-order valence-corrected chi connectivity index (χ4v) is 9.83. The van der Waals surface area contributed by atoms with Gasteiger partial charge in [0.15, 0.2) is 0 Å². The minimum atomic E-state index is -1.29. The van der Waals surface area contributed by atoms with Crippen molar-refractivity contribution in [2.45, 2.75) is 148 Å². The van der Waals surface area contributed by atoms with Crippen LogP contribution in [0, 0.1) is 23.7 Å². The quantitative estimate of drug-likeness (QED) is 0.0774. The number of rotatable bonds is 28. The number of nitrogens with zero attached hydrogens (tertiary/aromatic N) is 4. The van der Waals surface area contributed by atoms with Crippen molar-refractivity contribution < 1.29 is 43.3 Å². The molecule has 1 aromatic carbocycles. The topological polar surface area (TPSA) is 226 Å². The lowest BCUT2D eigenvalue weighted by Crippen LogP contribution is -2.60. The van der Waals surface area contributed by atoms with Crippen LogP contribution in [0.5, 0.6) is 0 Å². The molecule has 1 aliphatic heterocycles. The van der Waals surface area contributed by atoms with E-state index in [1.165, 1.54) is 30.4 Å². The molecule has 18 heteroatoms. The second-order valence-electron chi connectivity index (χ2n) is 18.7. The summed E-state index contributed by atoms with van der Waals surface area (Å²) in [5.74, 6) is -3.98. The summed E-state index contributed by atoms with van der Waals surface area (Å²) in [4.78, 5) is 92.0. The van der Waals surface area contributed by atoms with Gasteiger partial charge in [0, 0.05) is 46.4 Å². The number of likely N-dealkylation sites (tertiary alicyclic amines) is 1. The lowest BCUT2D eigenvalue weighted by atomic mass is 9.89. The Balaban J connectivity index is 1.76. The number of amides is 6. The number of aliphatic hydroxyl groups excluding tert-OH is 1. The largest absolute Gasteiger partial charge is 0.383 e. The van der Waals surface area contributed by atoms with E-state index < -0.39 is 66.6 Å². The van der Waals surface area contributed by atoms with E-state index in [-0.39, 0.29) is 60.4 Å². The van der Waals surface area contributed by atoms with Crippen molar-refractivity contribution >= 4 is 46.8 Å².